The Balaban J connectivity index is 1.12. The zero-order chi connectivity index (χ0) is 55.9. The molecule has 0 fully saturated rings. The van der Waals surface area contributed by atoms with E-state index in [0.717, 1.165) is 5.69 Å². The monoisotopic (exact) mass is 1060 g/mol. The van der Waals surface area contributed by atoms with Crippen molar-refractivity contribution in [3.05, 3.63) is 272 Å². The second kappa shape index (κ2) is 18.4. The molecule has 0 saturated carbocycles. The first-order valence-corrected chi connectivity index (χ1v) is 29.4. The molecule has 2 nitrogen and oxygen atoms in total. The SMILES string of the molecule is CC(C)(C)c1ccc(N2c3ccc(C(C)(C)C)cc3B3c4c2cc(-c2c(-c5ccccc5)cccc2-c2ccccc2)cc4-n2c4ccc(-c5ccccc5-c5ccccc5)cc4c4c5c6ccccc6c6ccccc6c5cc3c42)cc1. The molecule has 83 heavy (non-hydrogen) atoms. The van der Waals surface area contributed by atoms with Gasteiger partial charge in [0.2, 0.25) is 0 Å². The zero-order valence-electron chi connectivity index (χ0n) is 47.8. The normalized spacial score (nSPS) is 12.9. The largest absolute Gasteiger partial charge is 0.311 e. The van der Waals surface area contributed by atoms with Crippen molar-refractivity contribution < 1.29 is 0 Å². The molecule has 1 aromatic heterocycles. The Kier molecular flexibility index (Phi) is 10.9. The van der Waals surface area contributed by atoms with Crippen LogP contribution in [0.5, 0.6) is 0 Å². The molecule has 0 radical (unpaired) electrons. The number of rotatable bonds is 6. The molecule has 0 unspecified atom stereocenters. The van der Waals surface area contributed by atoms with Crippen LogP contribution in [0.3, 0.4) is 0 Å². The number of hydrogen-bond acceptors (Lipinski definition) is 1. The number of hydrogen-bond donors (Lipinski definition) is 0. The van der Waals surface area contributed by atoms with Crippen LogP contribution in [0, 0.1) is 0 Å². The van der Waals surface area contributed by atoms with Crippen LogP contribution < -0.4 is 21.3 Å². The second-order valence-corrected chi connectivity index (χ2v) is 25.2. The summed E-state index contributed by atoms with van der Waals surface area (Å²) in [6.45, 7) is 13.9. The fraction of sp³-hybridized carbons (Fsp3) is 0.100. The van der Waals surface area contributed by atoms with Crippen molar-refractivity contribution in [2.24, 2.45) is 0 Å². The van der Waals surface area contributed by atoms with Gasteiger partial charge >= 0.3 is 0 Å². The van der Waals surface area contributed by atoms with Crippen molar-refractivity contribution in [2.75, 3.05) is 4.90 Å². The van der Waals surface area contributed by atoms with Crippen molar-refractivity contribution >= 4 is 94.3 Å². The fourth-order valence-electron chi connectivity index (χ4n) is 14.3. The molecule has 0 spiro atoms. The lowest BCUT2D eigenvalue weighted by Gasteiger charge is -2.41. The maximum Gasteiger partial charge on any atom is 0.252 e. The number of benzene rings is 13. The summed E-state index contributed by atoms with van der Waals surface area (Å²) in [6, 6.07) is 99.0. The Labute approximate surface area is 486 Å². The van der Waals surface area contributed by atoms with Gasteiger partial charge in [-0.2, -0.15) is 0 Å². The standard InChI is InChI=1S/C80H61BN2/c1-79(2,3)55-38-41-57(42-39-55)82-71-44-40-56(80(4,5)6)48-68(71)81-69-49-66-64-33-19-18-31-62(64)63-32-20-21-34-65(63)75(66)76-67-45-53(59-30-17-16-29-58(59)50-23-10-7-11-24-50)37-43-70(67)83(78(69)76)73-47-54(46-72(82)77(73)81)74-60(51-25-12-8-13-26-51)35-22-36-61(74)52-27-14-9-15-28-52/h7-49H,1-6H3. The predicted molar refractivity (Wildman–Crippen MR) is 357 cm³/mol. The molecule has 0 aliphatic carbocycles. The minimum absolute atomic E-state index is 0.00850. The van der Waals surface area contributed by atoms with Gasteiger partial charge < -0.3 is 9.47 Å². The van der Waals surface area contributed by atoms with Crippen molar-refractivity contribution in [2.45, 2.75) is 52.4 Å². The van der Waals surface area contributed by atoms with Gasteiger partial charge in [-0.05, 0) is 163 Å². The van der Waals surface area contributed by atoms with Gasteiger partial charge in [-0.1, -0.05) is 260 Å². The molecule has 13 aromatic carbocycles. The Morgan fingerprint density at radius 2 is 0.819 bits per heavy atom. The molecule has 0 atom stereocenters. The Bertz CT molecular complexity index is 4900. The molecular weight excluding hydrogens is 1000 g/mol. The van der Waals surface area contributed by atoms with E-state index in [-0.39, 0.29) is 17.5 Å². The van der Waals surface area contributed by atoms with E-state index in [0.29, 0.717) is 0 Å². The smallest absolute Gasteiger partial charge is 0.252 e. The van der Waals surface area contributed by atoms with E-state index in [1.165, 1.54) is 154 Å². The summed E-state index contributed by atoms with van der Waals surface area (Å²) in [5.74, 6) is 0. The van der Waals surface area contributed by atoms with Crippen molar-refractivity contribution in [3.63, 3.8) is 0 Å². The summed E-state index contributed by atoms with van der Waals surface area (Å²) >= 11 is 0. The molecule has 14 aromatic rings. The summed E-state index contributed by atoms with van der Waals surface area (Å²) in [7, 11) is 0. The van der Waals surface area contributed by atoms with Crippen LogP contribution >= 0.6 is 0 Å². The number of aromatic nitrogens is 1. The lowest BCUT2D eigenvalue weighted by Crippen LogP contribution is -2.60. The zero-order valence-corrected chi connectivity index (χ0v) is 47.8. The van der Waals surface area contributed by atoms with Crippen LogP contribution in [0.4, 0.5) is 17.1 Å². The fourth-order valence-corrected chi connectivity index (χ4v) is 14.3. The molecule has 2 aliphatic heterocycles. The van der Waals surface area contributed by atoms with Crippen LogP contribution in [0.2, 0.25) is 0 Å². The summed E-state index contributed by atoms with van der Waals surface area (Å²) in [5, 5.41) is 10.2. The van der Waals surface area contributed by atoms with Gasteiger partial charge in [-0.15, -0.1) is 0 Å². The number of fused-ring (bicyclic) bond motifs is 14. The maximum absolute atomic E-state index is 2.70. The molecule has 0 saturated heterocycles. The average molecular weight is 1060 g/mol. The molecule has 3 heteroatoms. The van der Waals surface area contributed by atoms with Crippen molar-refractivity contribution in [3.8, 4) is 61.3 Å². The van der Waals surface area contributed by atoms with E-state index in [4.69, 9.17) is 0 Å². The van der Waals surface area contributed by atoms with E-state index in [1.54, 1.807) is 0 Å². The lowest BCUT2D eigenvalue weighted by molar-refractivity contribution is 0.590. The number of nitrogens with zero attached hydrogens (tertiary/aromatic N) is 2. The minimum atomic E-state index is -0.110. The molecular formula is C80H61BN2. The van der Waals surface area contributed by atoms with Crippen LogP contribution in [0.15, 0.2) is 261 Å². The summed E-state index contributed by atoms with van der Waals surface area (Å²) in [4.78, 5) is 2.61. The van der Waals surface area contributed by atoms with E-state index < -0.39 is 0 Å². The van der Waals surface area contributed by atoms with Crippen LogP contribution in [0.25, 0.3) is 115 Å². The summed E-state index contributed by atoms with van der Waals surface area (Å²) in [5.41, 5.74) is 25.8. The summed E-state index contributed by atoms with van der Waals surface area (Å²) < 4.78 is 2.70. The van der Waals surface area contributed by atoms with E-state index in [9.17, 15) is 0 Å². The topological polar surface area (TPSA) is 8.17 Å². The van der Waals surface area contributed by atoms with E-state index in [2.05, 4.69) is 312 Å². The van der Waals surface area contributed by atoms with Crippen molar-refractivity contribution in [1.29, 1.82) is 0 Å². The molecule has 0 N–H and O–H groups in total. The molecule has 0 bridgehead atoms. The molecule has 2 aliphatic rings. The van der Waals surface area contributed by atoms with E-state index in [1.807, 2.05) is 0 Å². The average Bonchev–Trinajstić information content (AvgIpc) is 2.06. The molecule has 3 heterocycles. The first-order chi connectivity index (χ1) is 40.5. The summed E-state index contributed by atoms with van der Waals surface area (Å²) in [6.07, 6.45) is 0. The van der Waals surface area contributed by atoms with Gasteiger partial charge in [0.25, 0.3) is 6.71 Å². The second-order valence-electron chi connectivity index (χ2n) is 25.2. The van der Waals surface area contributed by atoms with Crippen molar-refractivity contribution in [1.82, 2.24) is 4.57 Å². The van der Waals surface area contributed by atoms with Gasteiger partial charge in [-0.25, -0.2) is 0 Å². The third-order valence-electron chi connectivity index (χ3n) is 18.3. The Morgan fingerprint density at radius 3 is 1.43 bits per heavy atom. The minimum Gasteiger partial charge on any atom is -0.311 e. The van der Waals surface area contributed by atoms with Gasteiger partial charge in [0.05, 0.1) is 11.0 Å². The van der Waals surface area contributed by atoms with Crippen LogP contribution in [-0.2, 0) is 10.8 Å². The highest BCUT2D eigenvalue weighted by molar-refractivity contribution is 7.00. The molecule has 0 amide bonds. The first-order valence-electron chi connectivity index (χ1n) is 29.4. The number of anilines is 3. The Morgan fingerprint density at radius 1 is 0.313 bits per heavy atom. The predicted octanol–water partition coefficient (Wildman–Crippen LogP) is 19.8. The highest BCUT2D eigenvalue weighted by Crippen LogP contribution is 2.50. The van der Waals surface area contributed by atoms with Gasteiger partial charge in [0.1, 0.15) is 0 Å². The third kappa shape index (κ3) is 7.57. The van der Waals surface area contributed by atoms with Crippen LogP contribution in [0.1, 0.15) is 52.7 Å². The van der Waals surface area contributed by atoms with Gasteiger partial charge in [-0.3, -0.25) is 0 Å². The first kappa shape index (κ1) is 49.1. The lowest BCUT2D eigenvalue weighted by atomic mass is 9.33. The van der Waals surface area contributed by atoms with Crippen LogP contribution in [-0.4, -0.2) is 11.3 Å². The highest BCUT2D eigenvalue weighted by atomic mass is 15.2. The van der Waals surface area contributed by atoms with Gasteiger partial charge in [0.15, 0.2) is 0 Å². The highest BCUT2D eigenvalue weighted by Gasteiger charge is 2.44. The quantitative estimate of drug-likeness (QED) is 0.119. The maximum atomic E-state index is 2.70. The van der Waals surface area contributed by atoms with Gasteiger partial charge in [0, 0.05) is 38.9 Å². The third-order valence-corrected chi connectivity index (χ3v) is 18.3. The Hall–Kier alpha value is -9.70. The molecule has 394 valence electrons. The van der Waals surface area contributed by atoms with E-state index >= 15 is 0 Å². The molecule has 16 rings (SSSR count).